The van der Waals surface area contributed by atoms with Gasteiger partial charge in [-0.3, -0.25) is 9.79 Å². The summed E-state index contributed by atoms with van der Waals surface area (Å²) in [6.45, 7) is -0.326. The highest BCUT2D eigenvalue weighted by atomic mass is 19.4. The number of halogens is 3. The summed E-state index contributed by atoms with van der Waals surface area (Å²) in [7, 11) is 1.15. The summed E-state index contributed by atoms with van der Waals surface area (Å²) in [5.41, 5.74) is 7.54. The zero-order valence-electron chi connectivity index (χ0n) is 26.7. The molecule has 6 rings (SSSR count). The molecule has 3 aliphatic rings. The molecule has 3 atom stereocenters. The molecule has 0 saturated carbocycles. The van der Waals surface area contributed by atoms with E-state index >= 15 is 0 Å². The van der Waals surface area contributed by atoms with E-state index in [2.05, 4.69) is 71.5 Å². The van der Waals surface area contributed by atoms with Crippen molar-refractivity contribution in [3.63, 3.8) is 0 Å². The summed E-state index contributed by atoms with van der Waals surface area (Å²) in [5.74, 6) is 0.160. The van der Waals surface area contributed by atoms with Crippen LogP contribution in [0.2, 0.25) is 0 Å². The highest BCUT2D eigenvalue weighted by Gasteiger charge is 2.36. The zero-order chi connectivity index (χ0) is 33.7. The Morgan fingerprint density at radius 2 is 1.73 bits per heavy atom. The summed E-state index contributed by atoms with van der Waals surface area (Å²) < 4.78 is 46.9. The highest BCUT2D eigenvalue weighted by Crippen LogP contribution is 2.33. The number of H-pyrrole nitrogens is 1. The van der Waals surface area contributed by atoms with Crippen molar-refractivity contribution in [3.05, 3.63) is 72.3 Å². The molecule has 4 heterocycles. The van der Waals surface area contributed by atoms with Crippen LogP contribution in [-0.4, -0.2) is 84.3 Å². The van der Waals surface area contributed by atoms with Gasteiger partial charge in [-0.25, -0.2) is 9.78 Å². The second-order valence-electron chi connectivity index (χ2n) is 12.3. The van der Waals surface area contributed by atoms with E-state index in [1.54, 1.807) is 11.1 Å². The summed E-state index contributed by atoms with van der Waals surface area (Å²) in [6, 6.07) is 15.6. The smallest absolute Gasteiger partial charge is 0.411 e. The third kappa shape index (κ3) is 7.96. The molecular weight excluding hydrogens is 625 g/mol. The summed E-state index contributed by atoms with van der Waals surface area (Å²) in [6.07, 6.45) is 2.82. The molecule has 3 N–H and O–H groups in total. The number of nitrogens with one attached hydrogen (secondary N) is 3. The molecule has 2 saturated heterocycles. The van der Waals surface area contributed by atoms with Crippen LogP contribution in [0.15, 0.2) is 65.9 Å². The number of ether oxygens (including phenoxy) is 2. The van der Waals surface area contributed by atoms with E-state index in [0.29, 0.717) is 31.3 Å². The molecule has 254 valence electrons. The van der Waals surface area contributed by atoms with Gasteiger partial charge < -0.3 is 30.0 Å². The molecule has 3 aromatic rings. The lowest BCUT2D eigenvalue weighted by atomic mass is 9.96. The standard InChI is InChI=1S/C35H39F3N6O4/c1-47-34(46)43-28(14-17-48-21-35(36,37)38)33(45)44-16-3-5-31(44)32-41-20-30(42-32)25-12-10-23(11-13-25)22-6-8-24(9-7-22)26-18-29(40-19-26)27-4-2-15-39-27/h6-13,19-20,27-28,31,39H,2-5,14-18,21H2,1H3,(H,41,42)(H,43,46)/t27-,28-,31-/m0/s1. The highest BCUT2D eigenvalue weighted by molar-refractivity contribution is 6.01. The summed E-state index contributed by atoms with van der Waals surface area (Å²) in [5, 5.41) is 5.97. The second-order valence-corrected chi connectivity index (χ2v) is 12.3. The number of aromatic nitrogens is 2. The molecule has 0 spiro atoms. The van der Waals surface area contributed by atoms with Gasteiger partial charge in [0.15, 0.2) is 0 Å². The van der Waals surface area contributed by atoms with Gasteiger partial charge in [0.1, 0.15) is 18.5 Å². The van der Waals surface area contributed by atoms with Crippen LogP contribution < -0.4 is 10.6 Å². The Morgan fingerprint density at radius 3 is 2.40 bits per heavy atom. The Kier molecular flexibility index (Phi) is 10.3. The first-order valence-electron chi connectivity index (χ1n) is 16.2. The maximum atomic E-state index is 13.5. The average Bonchev–Trinajstić information content (AvgIpc) is 3.92. The molecular formula is C35H39F3N6O4. The van der Waals surface area contributed by atoms with Gasteiger partial charge in [-0.1, -0.05) is 48.5 Å². The number of benzene rings is 2. The molecule has 10 nitrogen and oxygen atoms in total. The molecule has 0 radical (unpaired) electrons. The Bertz CT molecular complexity index is 1650. The van der Waals surface area contributed by atoms with Gasteiger partial charge in [-0.15, -0.1) is 0 Å². The second kappa shape index (κ2) is 14.7. The van der Waals surface area contributed by atoms with Crippen LogP contribution >= 0.6 is 0 Å². The van der Waals surface area contributed by atoms with Gasteiger partial charge in [-0.2, -0.15) is 13.2 Å². The summed E-state index contributed by atoms with van der Waals surface area (Å²) in [4.78, 5) is 39.6. The number of likely N-dealkylation sites (tertiary alicyclic amines) is 1. The van der Waals surface area contributed by atoms with Gasteiger partial charge in [0.25, 0.3) is 0 Å². The fraction of sp³-hybridized carbons (Fsp3) is 0.429. The van der Waals surface area contributed by atoms with Crippen LogP contribution in [0.4, 0.5) is 18.0 Å². The molecule has 1 aromatic heterocycles. The lowest BCUT2D eigenvalue weighted by Gasteiger charge is -2.28. The van der Waals surface area contributed by atoms with Crippen molar-refractivity contribution in [1.82, 2.24) is 25.5 Å². The number of alkyl halides is 3. The van der Waals surface area contributed by atoms with Crippen molar-refractivity contribution in [2.45, 2.75) is 62.8 Å². The fourth-order valence-electron chi connectivity index (χ4n) is 6.54. The van der Waals surface area contributed by atoms with Crippen LogP contribution in [0.3, 0.4) is 0 Å². The number of aromatic amines is 1. The molecule has 2 aromatic carbocycles. The third-order valence-corrected chi connectivity index (χ3v) is 9.04. The molecule has 48 heavy (non-hydrogen) atoms. The van der Waals surface area contributed by atoms with Gasteiger partial charge >= 0.3 is 12.3 Å². The van der Waals surface area contributed by atoms with Crippen molar-refractivity contribution < 1.29 is 32.2 Å². The lowest BCUT2D eigenvalue weighted by molar-refractivity contribution is -0.174. The molecule has 3 aliphatic heterocycles. The Balaban J connectivity index is 1.08. The van der Waals surface area contributed by atoms with E-state index in [0.717, 1.165) is 48.9 Å². The van der Waals surface area contributed by atoms with Gasteiger partial charge in [-0.05, 0) is 60.1 Å². The number of carbonyl (C=O) groups is 2. The number of imidazole rings is 1. The molecule has 0 unspecified atom stereocenters. The SMILES string of the molecule is COC(=O)N[C@@H](CCOCC(F)(F)F)C(=O)N1CCC[C@H]1c1ncc(-c2ccc(-c3ccc(C4=CN=C([C@@H]5CCCN5)C4)cc3)cc2)[nH]1. The number of carbonyl (C=O) groups excluding carboxylic acids is 2. The Morgan fingerprint density at radius 1 is 1.02 bits per heavy atom. The molecule has 0 bridgehead atoms. The van der Waals surface area contributed by atoms with Crippen molar-refractivity contribution in [3.8, 4) is 22.4 Å². The van der Waals surface area contributed by atoms with Crippen LogP contribution in [0.25, 0.3) is 28.0 Å². The average molecular weight is 665 g/mol. The van der Waals surface area contributed by atoms with E-state index in [-0.39, 0.29) is 19.1 Å². The number of alkyl carbamates (subject to hydrolysis) is 1. The van der Waals surface area contributed by atoms with Crippen molar-refractivity contribution in [2.24, 2.45) is 4.99 Å². The van der Waals surface area contributed by atoms with E-state index in [1.165, 1.54) is 23.3 Å². The minimum atomic E-state index is -4.49. The minimum Gasteiger partial charge on any atom is -0.453 e. The number of aliphatic imine (C=N–C) groups is 1. The first-order valence-corrected chi connectivity index (χ1v) is 16.2. The van der Waals surface area contributed by atoms with E-state index in [4.69, 9.17) is 0 Å². The predicted molar refractivity (Wildman–Crippen MR) is 175 cm³/mol. The number of methoxy groups -OCH3 is 1. The van der Waals surface area contributed by atoms with Crippen LogP contribution in [0.1, 0.15) is 56.0 Å². The fourth-order valence-corrected chi connectivity index (χ4v) is 6.54. The molecule has 0 aliphatic carbocycles. The lowest BCUT2D eigenvalue weighted by Crippen LogP contribution is -2.49. The van der Waals surface area contributed by atoms with E-state index in [9.17, 15) is 22.8 Å². The largest absolute Gasteiger partial charge is 0.453 e. The van der Waals surface area contributed by atoms with Crippen LogP contribution in [-0.2, 0) is 14.3 Å². The number of hydrogen-bond acceptors (Lipinski definition) is 7. The van der Waals surface area contributed by atoms with E-state index < -0.39 is 30.8 Å². The minimum absolute atomic E-state index is 0.142. The quantitative estimate of drug-likeness (QED) is 0.215. The maximum Gasteiger partial charge on any atom is 0.411 e. The van der Waals surface area contributed by atoms with Crippen molar-refractivity contribution >= 4 is 23.3 Å². The van der Waals surface area contributed by atoms with Gasteiger partial charge in [0.2, 0.25) is 5.91 Å². The normalized spacial score (nSPS) is 20.0. The van der Waals surface area contributed by atoms with E-state index in [1.807, 2.05) is 18.3 Å². The Hall–Kier alpha value is -4.49. The summed E-state index contributed by atoms with van der Waals surface area (Å²) >= 11 is 0. The first kappa shape index (κ1) is 33.4. The van der Waals surface area contributed by atoms with Crippen molar-refractivity contribution in [2.75, 3.05) is 33.4 Å². The number of allylic oxidation sites excluding steroid dienone is 1. The van der Waals surface area contributed by atoms with Gasteiger partial charge in [0, 0.05) is 43.9 Å². The van der Waals surface area contributed by atoms with Crippen LogP contribution in [0, 0.1) is 0 Å². The van der Waals surface area contributed by atoms with Gasteiger partial charge in [0.05, 0.1) is 25.0 Å². The Labute approximate surface area is 276 Å². The molecule has 2 amide bonds. The third-order valence-electron chi connectivity index (χ3n) is 9.04. The number of nitrogens with zero attached hydrogens (tertiary/aromatic N) is 3. The molecule has 2 fully saturated rings. The zero-order valence-corrected chi connectivity index (χ0v) is 26.7. The molecule has 13 heteroatoms. The maximum absolute atomic E-state index is 13.5. The van der Waals surface area contributed by atoms with Crippen LogP contribution in [0.5, 0.6) is 0 Å². The monoisotopic (exact) mass is 664 g/mol. The number of hydrogen-bond donors (Lipinski definition) is 3. The topological polar surface area (TPSA) is 121 Å². The number of amides is 2. The predicted octanol–water partition coefficient (Wildman–Crippen LogP) is 6.04. The van der Waals surface area contributed by atoms with Crippen molar-refractivity contribution in [1.29, 1.82) is 0 Å². The first-order chi connectivity index (χ1) is 23.2. The number of rotatable bonds is 11.